The number of sulfone groups is 1. The first-order valence-electron chi connectivity index (χ1n) is 9.05. The summed E-state index contributed by atoms with van der Waals surface area (Å²) in [6, 6.07) is 8.20. The normalized spacial score (nSPS) is 16.4. The monoisotopic (exact) mass is 458 g/mol. The zero-order valence-corrected chi connectivity index (χ0v) is 17.6. The number of benzene rings is 2. The van der Waals surface area contributed by atoms with Crippen LogP contribution >= 0.6 is 0 Å². The average Bonchev–Trinajstić information content (AvgIpc) is 2.69. The Bertz CT molecular complexity index is 1180. The van der Waals surface area contributed by atoms with Crippen molar-refractivity contribution in [2.45, 2.75) is 22.6 Å². The van der Waals surface area contributed by atoms with Crippen LogP contribution in [0.15, 0.2) is 52.3 Å². The molecule has 1 aliphatic rings. The molecule has 162 valence electrons. The van der Waals surface area contributed by atoms with Gasteiger partial charge in [-0.25, -0.2) is 25.6 Å². The van der Waals surface area contributed by atoms with E-state index < -0.39 is 48.2 Å². The summed E-state index contributed by atoms with van der Waals surface area (Å²) in [6.45, 7) is -0.103. The lowest BCUT2D eigenvalue weighted by molar-refractivity contribution is -0.120. The number of nitrogens with zero attached hydrogens (tertiary/aromatic N) is 1. The van der Waals surface area contributed by atoms with Gasteiger partial charge in [-0.2, -0.15) is 4.31 Å². The van der Waals surface area contributed by atoms with Gasteiger partial charge in [0, 0.05) is 25.3 Å². The molecule has 1 N–H and O–H groups in total. The van der Waals surface area contributed by atoms with Crippen LogP contribution in [0.5, 0.6) is 0 Å². The van der Waals surface area contributed by atoms with E-state index in [0.29, 0.717) is 6.07 Å². The summed E-state index contributed by atoms with van der Waals surface area (Å²) >= 11 is 0. The number of carbonyl (C=O) groups is 1. The molecule has 0 unspecified atom stereocenters. The Labute approximate surface area is 173 Å². The van der Waals surface area contributed by atoms with E-state index in [9.17, 15) is 30.4 Å². The van der Waals surface area contributed by atoms with Crippen LogP contribution in [0.4, 0.5) is 14.5 Å². The van der Waals surface area contributed by atoms with E-state index in [1.165, 1.54) is 12.1 Å². The SMILES string of the molecule is CS(=O)(=O)c1ccccc1NC(=O)C1CCN(S(=O)(=O)c2cc(F)ccc2F)CC1. The highest BCUT2D eigenvalue weighted by molar-refractivity contribution is 7.91. The second-order valence-corrected chi connectivity index (χ2v) is 10.9. The molecule has 0 bridgehead atoms. The highest BCUT2D eigenvalue weighted by Gasteiger charge is 2.34. The molecule has 0 saturated carbocycles. The van der Waals surface area contributed by atoms with E-state index in [1.54, 1.807) is 12.1 Å². The van der Waals surface area contributed by atoms with Gasteiger partial charge in [0.15, 0.2) is 9.84 Å². The van der Waals surface area contributed by atoms with Crippen LogP contribution in [0.1, 0.15) is 12.8 Å². The number of amides is 1. The van der Waals surface area contributed by atoms with E-state index >= 15 is 0 Å². The predicted octanol–water partition coefficient (Wildman–Crippen LogP) is 2.41. The number of hydrogen-bond donors (Lipinski definition) is 1. The van der Waals surface area contributed by atoms with E-state index in [-0.39, 0.29) is 36.5 Å². The number of rotatable bonds is 5. The van der Waals surface area contributed by atoms with E-state index in [4.69, 9.17) is 0 Å². The maximum Gasteiger partial charge on any atom is 0.246 e. The van der Waals surface area contributed by atoms with E-state index in [2.05, 4.69) is 5.32 Å². The van der Waals surface area contributed by atoms with Gasteiger partial charge in [-0.3, -0.25) is 4.79 Å². The second-order valence-electron chi connectivity index (χ2n) is 7.01. The molecule has 3 rings (SSSR count). The zero-order valence-electron chi connectivity index (χ0n) is 16.0. The topological polar surface area (TPSA) is 101 Å². The summed E-state index contributed by atoms with van der Waals surface area (Å²) in [4.78, 5) is 11.8. The molecule has 1 aliphatic heterocycles. The Morgan fingerprint density at radius 1 is 1.00 bits per heavy atom. The molecule has 1 amide bonds. The van der Waals surface area contributed by atoms with Crippen molar-refractivity contribution in [3.63, 3.8) is 0 Å². The summed E-state index contributed by atoms with van der Waals surface area (Å²) in [7, 11) is -7.79. The number of piperidine rings is 1. The molecule has 30 heavy (non-hydrogen) atoms. The van der Waals surface area contributed by atoms with Gasteiger partial charge in [0.05, 0.1) is 10.6 Å². The quantitative estimate of drug-likeness (QED) is 0.742. The van der Waals surface area contributed by atoms with Gasteiger partial charge in [0.2, 0.25) is 15.9 Å². The number of halogens is 2. The maximum absolute atomic E-state index is 13.9. The summed E-state index contributed by atoms with van der Waals surface area (Å²) in [5.74, 6) is -2.90. The minimum atomic E-state index is -4.24. The highest BCUT2D eigenvalue weighted by Crippen LogP contribution is 2.28. The van der Waals surface area contributed by atoms with Gasteiger partial charge in [-0.05, 0) is 43.2 Å². The van der Waals surface area contributed by atoms with Crippen molar-refractivity contribution in [3.8, 4) is 0 Å². The molecule has 7 nitrogen and oxygen atoms in total. The Kier molecular flexibility index (Phi) is 6.25. The van der Waals surface area contributed by atoms with Crippen LogP contribution in [0.3, 0.4) is 0 Å². The van der Waals surface area contributed by atoms with Crippen LogP contribution in [0.25, 0.3) is 0 Å². The zero-order chi connectivity index (χ0) is 22.1. The number of anilines is 1. The van der Waals surface area contributed by atoms with Crippen molar-refractivity contribution in [1.29, 1.82) is 0 Å². The Morgan fingerprint density at radius 2 is 1.63 bits per heavy atom. The molecule has 0 radical (unpaired) electrons. The molecule has 1 fully saturated rings. The second kappa shape index (κ2) is 8.40. The summed E-state index contributed by atoms with van der Waals surface area (Å²) in [5.41, 5.74) is 0.155. The molecule has 0 spiro atoms. The van der Waals surface area contributed by atoms with Crippen LogP contribution in [-0.4, -0.2) is 46.4 Å². The Balaban J connectivity index is 1.70. The third kappa shape index (κ3) is 4.68. The van der Waals surface area contributed by atoms with Crippen molar-refractivity contribution in [1.82, 2.24) is 4.31 Å². The molecule has 1 saturated heterocycles. The first-order valence-corrected chi connectivity index (χ1v) is 12.4. The Morgan fingerprint density at radius 3 is 2.27 bits per heavy atom. The number of carbonyl (C=O) groups excluding carboxylic acids is 1. The van der Waals surface area contributed by atoms with Crippen molar-refractivity contribution in [3.05, 3.63) is 54.1 Å². The van der Waals surface area contributed by atoms with Crippen LogP contribution < -0.4 is 5.32 Å². The summed E-state index contributed by atoms with van der Waals surface area (Å²) < 4.78 is 77.3. The van der Waals surface area contributed by atoms with Gasteiger partial charge in [0.1, 0.15) is 16.5 Å². The fourth-order valence-electron chi connectivity index (χ4n) is 3.30. The molecule has 1 heterocycles. The molecule has 0 aliphatic carbocycles. The fraction of sp³-hybridized carbons (Fsp3) is 0.316. The van der Waals surface area contributed by atoms with E-state index in [0.717, 1.165) is 22.7 Å². The van der Waals surface area contributed by atoms with Crippen molar-refractivity contribution in [2.24, 2.45) is 5.92 Å². The number of para-hydroxylation sites is 1. The largest absolute Gasteiger partial charge is 0.325 e. The van der Waals surface area contributed by atoms with E-state index in [1.807, 2.05) is 0 Å². The number of hydrogen-bond acceptors (Lipinski definition) is 5. The maximum atomic E-state index is 13.9. The smallest absolute Gasteiger partial charge is 0.246 e. The minimum absolute atomic E-state index is 0.0139. The lowest BCUT2D eigenvalue weighted by Gasteiger charge is -2.30. The first kappa shape index (κ1) is 22.3. The average molecular weight is 459 g/mol. The van der Waals surface area contributed by atoms with Crippen LogP contribution in [0.2, 0.25) is 0 Å². The lowest BCUT2D eigenvalue weighted by Crippen LogP contribution is -2.41. The first-order chi connectivity index (χ1) is 14.0. The summed E-state index contributed by atoms with van der Waals surface area (Å²) in [5, 5.41) is 2.59. The third-order valence-corrected chi connectivity index (χ3v) is 7.95. The van der Waals surface area contributed by atoms with Crippen LogP contribution in [0, 0.1) is 17.6 Å². The lowest BCUT2D eigenvalue weighted by atomic mass is 9.97. The Hall–Kier alpha value is -2.37. The van der Waals surface area contributed by atoms with Crippen molar-refractivity contribution in [2.75, 3.05) is 24.7 Å². The van der Waals surface area contributed by atoms with Gasteiger partial charge in [0.25, 0.3) is 0 Å². The minimum Gasteiger partial charge on any atom is -0.325 e. The number of nitrogens with one attached hydrogen (secondary N) is 1. The van der Waals surface area contributed by atoms with Gasteiger partial charge in [-0.15, -0.1) is 0 Å². The molecule has 2 aromatic rings. The highest BCUT2D eigenvalue weighted by atomic mass is 32.2. The number of sulfonamides is 1. The third-order valence-electron chi connectivity index (χ3n) is 4.88. The van der Waals surface area contributed by atoms with Crippen molar-refractivity contribution >= 4 is 31.5 Å². The van der Waals surface area contributed by atoms with Crippen molar-refractivity contribution < 1.29 is 30.4 Å². The molecular weight excluding hydrogens is 438 g/mol. The van der Waals surface area contributed by atoms with Gasteiger partial charge >= 0.3 is 0 Å². The molecule has 0 atom stereocenters. The fourth-order valence-corrected chi connectivity index (χ4v) is 5.69. The molecule has 11 heteroatoms. The molecular formula is C19H20F2N2O5S2. The standard InChI is InChI=1S/C19H20F2N2O5S2/c1-29(25,26)17-5-3-2-4-16(17)22-19(24)13-8-10-23(11-9-13)30(27,28)18-12-14(20)6-7-15(18)21/h2-7,12-13H,8-11H2,1H3,(H,22,24). The summed E-state index contributed by atoms with van der Waals surface area (Å²) in [6.07, 6.45) is 1.35. The molecule has 2 aromatic carbocycles. The van der Waals surface area contributed by atoms with Gasteiger partial charge < -0.3 is 5.32 Å². The predicted molar refractivity (Wildman–Crippen MR) is 106 cm³/mol. The van der Waals surface area contributed by atoms with Gasteiger partial charge in [-0.1, -0.05) is 12.1 Å². The molecule has 0 aromatic heterocycles. The van der Waals surface area contributed by atoms with Crippen LogP contribution in [-0.2, 0) is 24.7 Å².